The molecule has 0 N–H and O–H groups in total. The highest BCUT2D eigenvalue weighted by molar-refractivity contribution is 7.45. The monoisotopic (exact) mass is 467 g/mol. The number of hydrogen-bond acceptors (Lipinski definition) is 7. The summed E-state index contributed by atoms with van der Waals surface area (Å²) in [5, 5.41) is 0. The standard InChI is InChI=1S/C23H49N2O5P/c1-9-13-26-16-23(17-27-14-10-2,18-28-15-11-3)19-29-31(30-20-24-12-4)25(21(5)6)22(7)8/h20-22H,9-19H2,1-8H3/i1D,2D,3D. The van der Waals surface area contributed by atoms with Crippen LogP contribution in [0.2, 0.25) is 0 Å². The minimum absolute atomic E-state index is 0.213. The van der Waals surface area contributed by atoms with Gasteiger partial charge in [-0.25, -0.2) is 4.67 Å². The van der Waals surface area contributed by atoms with Crippen LogP contribution in [0, 0.1) is 5.41 Å². The number of hydrogen-bond donors (Lipinski definition) is 0. The first-order valence-corrected chi connectivity index (χ1v) is 12.5. The molecule has 0 spiro atoms. The number of aliphatic imine (C=N–C) groups is 1. The van der Waals surface area contributed by atoms with Crippen LogP contribution in [0.5, 0.6) is 0 Å². The first-order chi connectivity index (χ1) is 16.4. The van der Waals surface area contributed by atoms with Gasteiger partial charge >= 0.3 is 8.53 Å². The van der Waals surface area contributed by atoms with Gasteiger partial charge in [-0.3, -0.25) is 4.99 Å². The number of nitrogens with zero attached hydrogens (tertiary/aromatic N) is 2. The zero-order chi connectivity index (χ0) is 25.7. The molecule has 0 aromatic rings. The zero-order valence-electron chi connectivity index (χ0n) is 23.5. The molecular formula is C23H49N2O5P. The summed E-state index contributed by atoms with van der Waals surface area (Å²) >= 11 is 0. The van der Waals surface area contributed by atoms with E-state index in [1.807, 2.05) is 6.92 Å². The Morgan fingerprint density at radius 2 is 1.35 bits per heavy atom. The summed E-state index contributed by atoms with van der Waals surface area (Å²) in [5.74, 6) is 0. The van der Waals surface area contributed by atoms with Crippen LogP contribution in [-0.2, 0) is 23.3 Å². The molecule has 0 aromatic carbocycles. The minimum atomic E-state index is -1.42. The van der Waals surface area contributed by atoms with Gasteiger partial charge in [-0.05, 0) is 53.9 Å². The smallest absolute Gasteiger partial charge is 0.322 e. The van der Waals surface area contributed by atoms with Crippen molar-refractivity contribution in [2.24, 2.45) is 10.4 Å². The van der Waals surface area contributed by atoms with E-state index in [4.69, 9.17) is 27.4 Å². The first kappa shape index (κ1) is 25.3. The second-order valence-electron chi connectivity index (χ2n) is 8.01. The molecule has 0 aliphatic rings. The molecule has 0 aromatic heterocycles. The van der Waals surface area contributed by atoms with Crippen molar-refractivity contribution in [1.29, 1.82) is 0 Å². The highest BCUT2D eigenvalue weighted by Crippen LogP contribution is 2.46. The quantitative estimate of drug-likeness (QED) is 0.0937. The lowest BCUT2D eigenvalue weighted by atomic mass is 9.92. The molecule has 31 heavy (non-hydrogen) atoms. The third-order valence-corrected chi connectivity index (χ3v) is 6.14. The van der Waals surface area contributed by atoms with Gasteiger partial charge in [-0.15, -0.1) is 0 Å². The molecule has 0 rings (SSSR count). The summed E-state index contributed by atoms with van der Waals surface area (Å²) in [6.07, 6.45) is 3.46. The Balaban J connectivity index is 5.62. The molecule has 8 heteroatoms. The molecule has 0 heterocycles. The van der Waals surface area contributed by atoms with Gasteiger partial charge in [-0.2, -0.15) is 0 Å². The number of rotatable bonds is 21. The maximum Gasteiger partial charge on any atom is 0.322 e. The molecule has 0 aliphatic carbocycles. The van der Waals surface area contributed by atoms with Crippen LogP contribution in [0.15, 0.2) is 4.99 Å². The lowest BCUT2D eigenvalue weighted by Crippen LogP contribution is -2.42. The summed E-state index contributed by atoms with van der Waals surface area (Å²) in [7, 11) is -1.42. The normalized spacial score (nSPS) is 15.0. The Bertz CT molecular complexity index is 454. The first-order valence-electron chi connectivity index (χ1n) is 13.5. The summed E-state index contributed by atoms with van der Waals surface area (Å²) in [6.45, 7) is 14.9. The van der Waals surface area contributed by atoms with Crippen molar-refractivity contribution in [2.75, 3.05) is 52.8 Å². The summed E-state index contributed by atoms with van der Waals surface area (Å²) in [6, 6.07) is 0.427. The van der Waals surface area contributed by atoms with Crippen LogP contribution in [0.25, 0.3) is 0 Å². The van der Waals surface area contributed by atoms with Gasteiger partial charge in [0.05, 0.1) is 31.8 Å². The zero-order valence-corrected chi connectivity index (χ0v) is 21.4. The summed E-state index contributed by atoms with van der Waals surface area (Å²) in [4.78, 5) is 4.20. The second-order valence-corrected chi connectivity index (χ2v) is 9.41. The Hall–Kier alpha value is -0.300. The fraction of sp³-hybridized carbons (Fsp3) is 0.957. The molecule has 1 atom stereocenters. The Labute approximate surface area is 197 Å². The minimum Gasteiger partial charge on any atom is -0.425 e. The molecule has 0 saturated carbocycles. The average Bonchev–Trinajstić information content (AvgIpc) is 2.80. The van der Waals surface area contributed by atoms with E-state index in [2.05, 4.69) is 37.4 Å². The van der Waals surface area contributed by atoms with Crippen molar-refractivity contribution in [2.45, 2.75) is 86.7 Å². The van der Waals surface area contributed by atoms with Crippen molar-refractivity contribution >= 4 is 14.9 Å². The van der Waals surface area contributed by atoms with Gasteiger partial charge < -0.3 is 23.3 Å². The molecule has 7 nitrogen and oxygen atoms in total. The van der Waals surface area contributed by atoms with E-state index >= 15 is 0 Å². The van der Waals surface area contributed by atoms with Crippen LogP contribution in [0.1, 0.15) is 78.7 Å². The molecule has 0 saturated heterocycles. The van der Waals surface area contributed by atoms with E-state index in [0.29, 0.717) is 92.8 Å². The molecule has 0 aliphatic heterocycles. The third-order valence-electron chi connectivity index (χ3n) is 4.21. The molecule has 0 fully saturated rings. The SMILES string of the molecule is [2H]CCCOCC(COCCC[2H])(COCCC[2H])COP(OC=NCC)N(C(C)C)C(C)C. The summed E-state index contributed by atoms with van der Waals surface area (Å²) < 4.78 is 54.5. The van der Waals surface area contributed by atoms with Gasteiger partial charge in [0.2, 0.25) is 0 Å². The maximum absolute atomic E-state index is 7.37. The summed E-state index contributed by atoms with van der Waals surface area (Å²) in [5.41, 5.74) is -0.572. The van der Waals surface area contributed by atoms with E-state index in [-0.39, 0.29) is 12.1 Å². The van der Waals surface area contributed by atoms with Crippen molar-refractivity contribution in [3.8, 4) is 0 Å². The van der Waals surface area contributed by atoms with Crippen molar-refractivity contribution in [1.82, 2.24) is 4.67 Å². The van der Waals surface area contributed by atoms with Crippen LogP contribution >= 0.6 is 8.53 Å². The molecule has 0 bridgehead atoms. The topological polar surface area (TPSA) is 61.8 Å². The number of ether oxygens (including phenoxy) is 3. The average molecular weight is 468 g/mol. The molecule has 0 amide bonds. The van der Waals surface area contributed by atoms with Crippen molar-refractivity contribution in [3.63, 3.8) is 0 Å². The van der Waals surface area contributed by atoms with Gasteiger partial charge in [0.1, 0.15) is 0 Å². The second kappa shape index (κ2) is 19.2. The van der Waals surface area contributed by atoms with E-state index < -0.39 is 13.9 Å². The van der Waals surface area contributed by atoms with Crippen LogP contribution in [0.4, 0.5) is 0 Å². The fourth-order valence-corrected chi connectivity index (χ4v) is 4.48. The lowest BCUT2D eigenvalue weighted by Gasteiger charge is -2.38. The highest BCUT2D eigenvalue weighted by Gasteiger charge is 2.36. The highest BCUT2D eigenvalue weighted by atomic mass is 31.2. The van der Waals surface area contributed by atoms with E-state index in [0.717, 1.165) is 0 Å². The van der Waals surface area contributed by atoms with Gasteiger partial charge in [0.15, 0.2) is 6.40 Å². The molecular weight excluding hydrogens is 415 g/mol. The lowest BCUT2D eigenvalue weighted by molar-refractivity contribution is -0.0888. The van der Waals surface area contributed by atoms with Gasteiger partial charge in [0.25, 0.3) is 0 Å². The van der Waals surface area contributed by atoms with Crippen molar-refractivity contribution < 1.29 is 27.4 Å². The third kappa shape index (κ3) is 13.8. The van der Waals surface area contributed by atoms with E-state index in [1.165, 1.54) is 6.40 Å². The fourth-order valence-electron chi connectivity index (χ4n) is 2.89. The Morgan fingerprint density at radius 3 is 1.74 bits per heavy atom. The maximum atomic E-state index is 7.37. The van der Waals surface area contributed by atoms with Gasteiger partial charge in [-0.1, -0.05) is 20.7 Å². The predicted molar refractivity (Wildman–Crippen MR) is 131 cm³/mol. The van der Waals surface area contributed by atoms with E-state index in [1.54, 1.807) is 0 Å². The largest absolute Gasteiger partial charge is 0.425 e. The Kier molecular flexibility index (Phi) is 15.7. The molecule has 186 valence electrons. The van der Waals surface area contributed by atoms with E-state index in [9.17, 15) is 0 Å². The van der Waals surface area contributed by atoms with Crippen LogP contribution in [-0.4, -0.2) is 75.9 Å². The Morgan fingerprint density at radius 1 is 0.871 bits per heavy atom. The molecule has 0 radical (unpaired) electrons. The predicted octanol–water partition coefficient (Wildman–Crippen LogP) is 5.68. The van der Waals surface area contributed by atoms with Crippen LogP contribution in [0.3, 0.4) is 0 Å². The van der Waals surface area contributed by atoms with Crippen LogP contribution < -0.4 is 0 Å². The van der Waals surface area contributed by atoms with Crippen molar-refractivity contribution in [3.05, 3.63) is 0 Å². The van der Waals surface area contributed by atoms with Gasteiger partial charge in [0, 0.05) is 42.6 Å². The molecule has 1 unspecified atom stereocenters.